The molecule has 104 valence electrons. The fraction of sp³-hybridized carbons (Fsp3) is 0.0714. The fourth-order valence-electron chi connectivity index (χ4n) is 1.59. The highest BCUT2D eigenvalue weighted by Gasteiger charge is 2.06. The molecule has 0 heterocycles. The van der Waals surface area contributed by atoms with Gasteiger partial charge in [0.15, 0.2) is 5.11 Å². The van der Waals surface area contributed by atoms with Crippen LogP contribution in [0.5, 0.6) is 0 Å². The second-order valence-corrected chi connectivity index (χ2v) is 5.01. The van der Waals surface area contributed by atoms with E-state index in [2.05, 4.69) is 10.6 Å². The number of nitrogens with one attached hydrogen (secondary N) is 2. The molecule has 0 bridgehead atoms. The number of hydrogen-bond donors (Lipinski definition) is 2. The second-order valence-electron chi connectivity index (χ2n) is 4.19. The van der Waals surface area contributed by atoms with Crippen molar-refractivity contribution in [2.75, 3.05) is 10.6 Å². The summed E-state index contributed by atoms with van der Waals surface area (Å²) in [6, 6.07) is 8.77. The van der Waals surface area contributed by atoms with Crippen molar-refractivity contribution in [2.45, 2.75) is 6.92 Å². The zero-order chi connectivity index (χ0) is 14.7. The van der Waals surface area contributed by atoms with E-state index >= 15 is 0 Å². The van der Waals surface area contributed by atoms with Gasteiger partial charge in [0.1, 0.15) is 11.6 Å². The van der Waals surface area contributed by atoms with E-state index in [0.29, 0.717) is 5.69 Å². The zero-order valence-electron chi connectivity index (χ0n) is 10.5. The van der Waals surface area contributed by atoms with Crippen LogP contribution in [0.25, 0.3) is 0 Å². The molecule has 0 spiro atoms. The molecule has 0 aliphatic rings. The summed E-state index contributed by atoms with van der Waals surface area (Å²) < 4.78 is 26.6. The maximum Gasteiger partial charge on any atom is 0.175 e. The topological polar surface area (TPSA) is 24.1 Å². The van der Waals surface area contributed by atoms with Gasteiger partial charge in [0.25, 0.3) is 0 Å². The third-order valence-electron chi connectivity index (χ3n) is 2.55. The summed E-state index contributed by atoms with van der Waals surface area (Å²) in [6.45, 7) is 1.85. The van der Waals surface area contributed by atoms with Crippen molar-refractivity contribution in [3.63, 3.8) is 0 Å². The molecule has 0 atom stereocenters. The van der Waals surface area contributed by atoms with Crippen LogP contribution in [-0.4, -0.2) is 5.11 Å². The predicted octanol–water partition coefficient (Wildman–Crippen LogP) is 4.74. The lowest BCUT2D eigenvalue weighted by atomic mass is 10.2. The minimum Gasteiger partial charge on any atom is -0.332 e. The van der Waals surface area contributed by atoms with Crippen molar-refractivity contribution in [1.29, 1.82) is 0 Å². The van der Waals surface area contributed by atoms with Crippen LogP contribution >= 0.6 is 23.8 Å². The SMILES string of the molecule is Cc1ccc(F)c(NC(=S)Nc2ccc(F)c(Cl)c2)c1. The third-order valence-corrected chi connectivity index (χ3v) is 3.04. The average molecular weight is 313 g/mol. The molecule has 0 aliphatic carbocycles. The third kappa shape index (κ3) is 3.65. The van der Waals surface area contributed by atoms with E-state index in [1.54, 1.807) is 12.1 Å². The van der Waals surface area contributed by atoms with Gasteiger partial charge in [-0.2, -0.15) is 0 Å². The van der Waals surface area contributed by atoms with E-state index in [9.17, 15) is 8.78 Å². The minimum absolute atomic E-state index is 0.0143. The van der Waals surface area contributed by atoms with Crippen molar-refractivity contribution in [1.82, 2.24) is 0 Å². The van der Waals surface area contributed by atoms with Crippen LogP contribution in [0.4, 0.5) is 20.2 Å². The van der Waals surface area contributed by atoms with Gasteiger partial charge < -0.3 is 10.6 Å². The normalized spacial score (nSPS) is 10.2. The first-order valence-corrected chi connectivity index (χ1v) is 6.53. The predicted molar refractivity (Wildman–Crippen MR) is 82.4 cm³/mol. The highest BCUT2D eigenvalue weighted by atomic mass is 35.5. The molecule has 2 nitrogen and oxygen atoms in total. The van der Waals surface area contributed by atoms with Crippen molar-refractivity contribution in [3.05, 3.63) is 58.6 Å². The molecule has 0 unspecified atom stereocenters. The van der Waals surface area contributed by atoms with Crippen molar-refractivity contribution < 1.29 is 8.78 Å². The van der Waals surface area contributed by atoms with Crippen LogP contribution in [0.1, 0.15) is 5.56 Å². The zero-order valence-corrected chi connectivity index (χ0v) is 12.1. The van der Waals surface area contributed by atoms with Gasteiger partial charge in [0.2, 0.25) is 0 Å². The molecule has 2 N–H and O–H groups in total. The lowest BCUT2D eigenvalue weighted by Crippen LogP contribution is -2.19. The number of anilines is 2. The molecule has 20 heavy (non-hydrogen) atoms. The molecule has 2 aromatic carbocycles. The van der Waals surface area contributed by atoms with Crippen molar-refractivity contribution in [3.8, 4) is 0 Å². The van der Waals surface area contributed by atoms with Crippen molar-refractivity contribution >= 4 is 40.3 Å². The van der Waals surface area contributed by atoms with Gasteiger partial charge in [0.05, 0.1) is 10.7 Å². The van der Waals surface area contributed by atoms with E-state index < -0.39 is 11.6 Å². The number of hydrogen-bond acceptors (Lipinski definition) is 1. The Bertz CT molecular complexity index is 662. The molecule has 0 amide bonds. The van der Waals surface area contributed by atoms with Crippen molar-refractivity contribution in [2.24, 2.45) is 0 Å². The molecule has 0 radical (unpaired) electrons. The first kappa shape index (κ1) is 14.7. The molecular formula is C14H11ClF2N2S. The standard InChI is InChI=1S/C14H11ClF2N2S/c1-8-2-4-12(17)13(6-8)19-14(20)18-9-3-5-11(16)10(15)7-9/h2-7H,1H3,(H2,18,19,20). The van der Waals surface area contributed by atoms with E-state index in [1.165, 1.54) is 24.3 Å². The Morgan fingerprint density at radius 3 is 2.45 bits per heavy atom. The fourth-order valence-corrected chi connectivity index (χ4v) is 2.00. The van der Waals surface area contributed by atoms with E-state index in [-0.39, 0.29) is 15.8 Å². The van der Waals surface area contributed by atoms with Gasteiger partial charge in [-0.05, 0) is 55.0 Å². The molecule has 2 aromatic rings. The lowest BCUT2D eigenvalue weighted by Gasteiger charge is -2.12. The Kier molecular flexibility index (Phi) is 4.52. The lowest BCUT2D eigenvalue weighted by molar-refractivity contribution is 0.628. The highest BCUT2D eigenvalue weighted by Crippen LogP contribution is 2.20. The van der Waals surface area contributed by atoms with Crippen LogP contribution in [0.2, 0.25) is 5.02 Å². The quantitative estimate of drug-likeness (QED) is 0.784. The highest BCUT2D eigenvalue weighted by molar-refractivity contribution is 7.80. The molecule has 0 aliphatic heterocycles. The van der Waals surface area contributed by atoms with Crippen LogP contribution < -0.4 is 10.6 Å². The number of halogens is 3. The number of thiocarbonyl (C=S) groups is 1. The Morgan fingerprint density at radius 2 is 1.75 bits per heavy atom. The van der Waals surface area contributed by atoms with E-state index in [4.69, 9.17) is 23.8 Å². The number of aryl methyl sites for hydroxylation is 1. The average Bonchev–Trinajstić information content (AvgIpc) is 2.38. The summed E-state index contributed by atoms with van der Waals surface area (Å²) in [5.74, 6) is -0.919. The molecule has 0 fully saturated rings. The summed E-state index contributed by atoms with van der Waals surface area (Å²) in [5, 5.41) is 5.73. The molecule has 2 rings (SSSR count). The monoisotopic (exact) mass is 312 g/mol. The smallest absolute Gasteiger partial charge is 0.175 e. The number of rotatable bonds is 2. The molecular weight excluding hydrogens is 302 g/mol. The largest absolute Gasteiger partial charge is 0.332 e. The summed E-state index contributed by atoms with van der Waals surface area (Å²) in [4.78, 5) is 0. The summed E-state index contributed by atoms with van der Waals surface area (Å²) in [6.07, 6.45) is 0. The van der Waals surface area contributed by atoms with Gasteiger partial charge >= 0.3 is 0 Å². The first-order chi connectivity index (χ1) is 9.45. The molecule has 0 saturated carbocycles. The van der Waals surface area contributed by atoms with Crippen LogP contribution in [0.3, 0.4) is 0 Å². The van der Waals surface area contributed by atoms with Crippen LogP contribution in [0.15, 0.2) is 36.4 Å². The Labute approximate surface area is 125 Å². The van der Waals surface area contributed by atoms with Gasteiger partial charge in [-0.15, -0.1) is 0 Å². The van der Waals surface area contributed by atoms with E-state index in [0.717, 1.165) is 5.56 Å². The Balaban J connectivity index is 2.09. The maximum atomic E-state index is 13.6. The van der Waals surface area contributed by atoms with Crippen LogP contribution in [-0.2, 0) is 0 Å². The van der Waals surface area contributed by atoms with Crippen LogP contribution in [0, 0.1) is 18.6 Å². The molecule has 6 heteroatoms. The maximum absolute atomic E-state index is 13.6. The van der Waals surface area contributed by atoms with Gasteiger partial charge in [-0.1, -0.05) is 17.7 Å². The Hall–Kier alpha value is -1.72. The molecule has 0 aromatic heterocycles. The minimum atomic E-state index is -0.513. The van der Waals surface area contributed by atoms with Gasteiger partial charge in [-0.25, -0.2) is 8.78 Å². The molecule has 0 saturated heterocycles. The second kappa shape index (κ2) is 6.15. The summed E-state index contributed by atoms with van der Waals surface area (Å²) in [7, 11) is 0. The van der Waals surface area contributed by atoms with Gasteiger partial charge in [-0.3, -0.25) is 0 Å². The summed E-state index contributed by atoms with van der Waals surface area (Å²) in [5.41, 5.74) is 1.69. The van der Waals surface area contributed by atoms with E-state index in [1.807, 2.05) is 6.92 Å². The first-order valence-electron chi connectivity index (χ1n) is 5.75. The number of benzene rings is 2. The summed E-state index contributed by atoms with van der Waals surface area (Å²) >= 11 is 10.7. The Morgan fingerprint density at radius 1 is 1.05 bits per heavy atom. The van der Waals surface area contributed by atoms with Gasteiger partial charge in [0, 0.05) is 5.69 Å².